The molecule has 42 heavy (non-hydrogen) atoms. The van der Waals surface area contributed by atoms with Gasteiger partial charge in [0.1, 0.15) is 11.5 Å². The van der Waals surface area contributed by atoms with Crippen molar-refractivity contribution >= 4 is 45.0 Å². The third-order valence-corrected chi connectivity index (χ3v) is 9.35. The second-order valence-electron chi connectivity index (χ2n) is 10.8. The summed E-state index contributed by atoms with van der Waals surface area (Å²) in [5.74, 6) is -0.576. The summed E-state index contributed by atoms with van der Waals surface area (Å²) in [4.78, 5) is 46.2. The minimum Gasteiger partial charge on any atom is -0.493 e. The number of hydrogen-bond donors (Lipinski definition) is 0. The summed E-state index contributed by atoms with van der Waals surface area (Å²) in [6.45, 7) is 0. The number of nitrogens with zero attached hydrogens (tertiary/aromatic N) is 1. The number of ketones is 3. The van der Waals surface area contributed by atoms with Gasteiger partial charge >= 0.3 is 0 Å². The summed E-state index contributed by atoms with van der Waals surface area (Å²) in [6.07, 6.45) is 3.87. The maximum absolute atomic E-state index is 14.8. The normalized spacial score (nSPS) is 21.2. The fraction of sp³-hybridized carbons (Fsp3) is 0.171. The highest BCUT2D eigenvalue weighted by molar-refractivity contribution is 9.10. The topological polar surface area (TPSA) is 72.9 Å². The molecule has 0 aromatic heterocycles. The van der Waals surface area contributed by atoms with Gasteiger partial charge in [-0.25, -0.2) is 0 Å². The molecular formula is C35H26BrNO5. The third kappa shape index (κ3) is 3.53. The van der Waals surface area contributed by atoms with Crippen LogP contribution in [0.25, 0.3) is 6.08 Å². The van der Waals surface area contributed by atoms with Gasteiger partial charge in [-0.15, -0.1) is 0 Å². The molecule has 0 N–H and O–H groups in total. The lowest BCUT2D eigenvalue weighted by Crippen LogP contribution is -2.48. The van der Waals surface area contributed by atoms with Crippen molar-refractivity contribution in [1.29, 1.82) is 0 Å². The predicted octanol–water partition coefficient (Wildman–Crippen LogP) is 6.78. The lowest BCUT2D eigenvalue weighted by atomic mass is 9.64. The number of benzene rings is 4. The minimum atomic E-state index is -1.58. The number of anilines is 1. The van der Waals surface area contributed by atoms with E-state index in [1.54, 1.807) is 62.8 Å². The molecule has 1 fully saturated rings. The van der Waals surface area contributed by atoms with E-state index >= 15 is 0 Å². The molecule has 7 heteroatoms. The van der Waals surface area contributed by atoms with E-state index in [2.05, 4.69) is 15.9 Å². The average Bonchev–Trinajstić information content (AvgIpc) is 3.46. The van der Waals surface area contributed by atoms with Gasteiger partial charge in [0.15, 0.2) is 28.8 Å². The van der Waals surface area contributed by atoms with Crippen molar-refractivity contribution in [3.63, 3.8) is 0 Å². The van der Waals surface area contributed by atoms with Gasteiger partial charge in [-0.3, -0.25) is 14.4 Å². The van der Waals surface area contributed by atoms with Crippen LogP contribution in [0.1, 0.15) is 48.1 Å². The molecule has 3 atom stereocenters. The number of rotatable bonds is 5. The fourth-order valence-electron chi connectivity index (χ4n) is 7.14. The molecule has 208 valence electrons. The SMILES string of the molecule is COc1ccc([C@H]2[C@H](C(=O)c3ccccc3)N3c4ccc(Br)cc4C=C[C@H]3C23C(=O)c2ccccc2C3=O)cc1OC. The highest BCUT2D eigenvalue weighted by atomic mass is 79.9. The molecule has 0 unspecified atom stereocenters. The van der Waals surface area contributed by atoms with Crippen LogP contribution in [0.5, 0.6) is 11.5 Å². The molecule has 1 spiro atoms. The number of methoxy groups -OCH3 is 2. The maximum atomic E-state index is 14.8. The molecule has 0 radical (unpaired) electrons. The molecule has 6 nitrogen and oxygen atoms in total. The van der Waals surface area contributed by atoms with E-state index in [-0.39, 0.29) is 17.3 Å². The van der Waals surface area contributed by atoms with Crippen LogP contribution >= 0.6 is 15.9 Å². The molecule has 3 aliphatic rings. The second kappa shape index (κ2) is 9.81. The Morgan fingerprint density at radius 3 is 2.14 bits per heavy atom. The molecule has 0 amide bonds. The van der Waals surface area contributed by atoms with Gasteiger partial charge in [0.25, 0.3) is 0 Å². The van der Waals surface area contributed by atoms with E-state index in [4.69, 9.17) is 9.47 Å². The van der Waals surface area contributed by atoms with Crippen molar-refractivity contribution in [3.8, 4) is 11.5 Å². The Balaban J connectivity index is 1.56. The molecule has 7 rings (SSSR count). The molecule has 2 heterocycles. The van der Waals surface area contributed by atoms with Gasteiger partial charge in [-0.05, 0) is 41.5 Å². The standard InChI is InChI=1S/C35H26BrNO5/c1-41-27-16-12-22(19-28(27)42-2)30-31(32(38)20-8-4-3-5-9-20)37-26-15-14-23(36)18-21(26)13-17-29(37)35(30)33(39)24-10-6-7-11-25(24)34(35)40/h3-19,29-31H,1-2H3/t29-,30-,31+/m0/s1. The van der Waals surface area contributed by atoms with Crippen LogP contribution in [0.15, 0.2) is 102 Å². The van der Waals surface area contributed by atoms with E-state index in [1.807, 2.05) is 59.5 Å². The molecule has 2 aliphatic heterocycles. The first-order valence-electron chi connectivity index (χ1n) is 13.7. The number of Topliss-reactive ketones (excluding diaryl/α,β-unsaturated/α-hetero) is 3. The summed E-state index contributed by atoms with van der Waals surface area (Å²) in [7, 11) is 3.09. The number of ether oxygens (including phenoxy) is 2. The van der Waals surface area contributed by atoms with Crippen LogP contribution < -0.4 is 14.4 Å². The van der Waals surface area contributed by atoms with Crippen molar-refractivity contribution in [2.75, 3.05) is 19.1 Å². The lowest BCUT2D eigenvalue weighted by molar-refractivity contribution is 0.0665. The van der Waals surface area contributed by atoms with Gasteiger partial charge in [0.2, 0.25) is 0 Å². The van der Waals surface area contributed by atoms with E-state index < -0.39 is 23.4 Å². The van der Waals surface area contributed by atoms with Crippen molar-refractivity contribution in [3.05, 3.63) is 129 Å². The van der Waals surface area contributed by atoms with E-state index in [0.717, 1.165) is 15.7 Å². The molecule has 1 aliphatic carbocycles. The van der Waals surface area contributed by atoms with Gasteiger partial charge in [0.05, 0.1) is 20.3 Å². The number of halogens is 1. The van der Waals surface area contributed by atoms with Crippen molar-refractivity contribution in [1.82, 2.24) is 0 Å². The lowest BCUT2D eigenvalue weighted by Gasteiger charge is -2.37. The summed E-state index contributed by atoms with van der Waals surface area (Å²) in [6, 6.07) is 25.7. The quantitative estimate of drug-likeness (QED) is 0.181. The third-order valence-electron chi connectivity index (χ3n) is 8.86. The monoisotopic (exact) mass is 619 g/mol. The molecule has 4 aromatic carbocycles. The summed E-state index contributed by atoms with van der Waals surface area (Å²) < 4.78 is 12.1. The van der Waals surface area contributed by atoms with Crippen molar-refractivity contribution < 1.29 is 23.9 Å². The fourth-order valence-corrected chi connectivity index (χ4v) is 7.52. The number of carbonyl (C=O) groups excluding carboxylic acids is 3. The number of carbonyl (C=O) groups is 3. The van der Waals surface area contributed by atoms with Crippen molar-refractivity contribution in [2.24, 2.45) is 5.41 Å². The zero-order valence-electron chi connectivity index (χ0n) is 22.9. The largest absolute Gasteiger partial charge is 0.493 e. The predicted molar refractivity (Wildman–Crippen MR) is 164 cm³/mol. The van der Waals surface area contributed by atoms with E-state index in [0.29, 0.717) is 33.8 Å². The Morgan fingerprint density at radius 1 is 0.810 bits per heavy atom. The Hall–Kier alpha value is -4.49. The number of fused-ring (bicyclic) bond motifs is 5. The molecule has 0 bridgehead atoms. The van der Waals surface area contributed by atoms with E-state index in [9.17, 15) is 14.4 Å². The highest BCUT2D eigenvalue weighted by Crippen LogP contribution is 2.61. The van der Waals surface area contributed by atoms with Crippen LogP contribution in [-0.2, 0) is 0 Å². The minimum absolute atomic E-state index is 0.169. The van der Waals surface area contributed by atoms with Crippen LogP contribution in [0.2, 0.25) is 0 Å². The first-order chi connectivity index (χ1) is 20.4. The summed E-state index contributed by atoms with van der Waals surface area (Å²) in [5, 5.41) is 0. The summed E-state index contributed by atoms with van der Waals surface area (Å²) in [5.41, 5.74) is 2.03. The first-order valence-corrected chi connectivity index (χ1v) is 14.5. The van der Waals surface area contributed by atoms with E-state index in [1.165, 1.54) is 0 Å². The average molecular weight is 620 g/mol. The maximum Gasteiger partial charge on any atom is 0.185 e. The van der Waals surface area contributed by atoms with Crippen LogP contribution in [-0.4, -0.2) is 43.7 Å². The Kier molecular flexibility index (Phi) is 6.17. The van der Waals surface area contributed by atoms with Crippen molar-refractivity contribution in [2.45, 2.75) is 18.0 Å². The van der Waals surface area contributed by atoms with Crippen LogP contribution in [0, 0.1) is 5.41 Å². The Labute approximate surface area is 251 Å². The Bertz CT molecular complexity index is 1780. The molecule has 1 saturated heterocycles. The van der Waals surface area contributed by atoms with Gasteiger partial charge in [0, 0.05) is 32.8 Å². The first kappa shape index (κ1) is 26.4. The molecule has 0 saturated carbocycles. The summed E-state index contributed by atoms with van der Waals surface area (Å²) >= 11 is 3.57. The van der Waals surface area contributed by atoms with Gasteiger partial charge in [-0.2, -0.15) is 0 Å². The molecule has 4 aromatic rings. The second-order valence-corrected chi connectivity index (χ2v) is 11.7. The highest BCUT2D eigenvalue weighted by Gasteiger charge is 2.71. The van der Waals surface area contributed by atoms with Gasteiger partial charge in [-0.1, -0.05) is 88.7 Å². The Morgan fingerprint density at radius 2 is 1.48 bits per heavy atom. The van der Waals surface area contributed by atoms with Crippen LogP contribution in [0.4, 0.5) is 5.69 Å². The molecular weight excluding hydrogens is 594 g/mol. The zero-order valence-corrected chi connectivity index (χ0v) is 24.5. The zero-order chi connectivity index (χ0) is 29.2. The number of hydrogen-bond acceptors (Lipinski definition) is 6. The van der Waals surface area contributed by atoms with Crippen LogP contribution in [0.3, 0.4) is 0 Å². The smallest absolute Gasteiger partial charge is 0.185 e. The van der Waals surface area contributed by atoms with Gasteiger partial charge < -0.3 is 14.4 Å².